The molecule has 1 fully saturated rings. The highest BCUT2D eigenvalue weighted by atomic mass is 32.2. The van der Waals surface area contributed by atoms with E-state index in [1.165, 1.54) is 11.4 Å². The molecular formula is C25H26N2O5S. The van der Waals surface area contributed by atoms with Crippen LogP contribution >= 0.6 is 0 Å². The van der Waals surface area contributed by atoms with Gasteiger partial charge in [-0.3, -0.25) is 4.79 Å². The number of amides is 1. The summed E-state index contributed by atoms with van der Waals surface area (Å²) in [5.74, 6) is 0.812. The van der Waals surface area contributed by atoms with Crippen molar-refractivity contribution in [1.29, 1.82) is 0 Å². The van der Waals surface area contributed by atoms with E-state index in [9.17, 15) is 13.2 Å². The third-order valence-electron chi connectivity index (χ3n) is 5.65. The first-order valence-electron chi connectivity index (χ1n) is 10.6. The molecule has 33 heavy (non-hydrogen) atoms. The van der Waals surface area contributed by atoms with E-state index in [1.54, 1.807) is 41.3 Å². The van der Waals surface area contributed by atoms with Crippen molar-refractivity contribution >= 4 is 26.7 Å². The van der Waals surface area contributed by atoms with Gasteiger partial charge in [0.2, 0.25) is 10.0 Å². The van der Waals surface area contributed by atoms with E-state index >= 15 is 0 Å². The van der Waals surface area contributed by atoms with Gasteiger partial charge >= 0.3 is 0 Å². The molecule has 0 aromatic heterocycles. The molecule has 0 radical (unpaired) electrons. The lowest BCUT2D eigenvalue weighted by molar-refractivity contribution is 0.0697. The van der Waals surface area contributed by atoms with Crippen LogP contribution in [-0.4, -0.2) is 63.4 Å². The van der Waals surface area contributed by atoms with Crippen LogP contribution < -0.4 is 9.47 Å². The van der Waals surface area contributed by atoms with E-state index in [-0.39, 0.29) is 23.9 Å². The molecule has 0 atom stereocenters. The maximum atomic E-state index is 13.2. The Morgan fingerprint density at radius 2 is 1.70 bits per heavy atom. The smallest absolute Gasteiger partial charge is 0.254 e. The Morgan fingerprint density at radius 3 is 2.39 bits per heavy atom. The van der Waals surface area contributed by atoms with Gasteiger partial charge in [0.25, 0.3) is 5.91 Å². The number of methoxy groups -OCH3 is 1. The zero-order valence-electron chi connectivity index (χ0n) is 18.4. The molecule has 7 nitrogen and oxygen atoms in total. The number of carbonyl (C=O) groups is 1. The van der Waals surface area contributed by atoms with Crippen molar-refractivity contribution in [3.63, 3.8) is 0 Å². The molecule has 1 aliphatic heterocycles. The Bertz CT molecular complexity index is 1280. The van der Waals surface area contributed by atoms with E-state index in [2.05, 4.69) is 6.58 Å². The molecule has 4 rings (SSSR count). The minimum Gasteiger partial charge on any atom is -0.493 e. The number of ether oxygens (including phenoxy) is 2. The summed E-state index contributed by atoms with van der Waals surface area (Å²) in [6.45, 7) is 5.04. The number of benzene rings is 3. The van der Waals surface area contributed by atoms with Gasteiger partial charge in [-0.15, -0.1) is 0 Å². The fourth-order valence-electron chi connectivity index (χ4n) is 3.86. The van der Waals surface area contributed by atoms with E-state index in [4.69, 9.17) is 9.47 Å². The third kappa shape index (κ3) is 4.72. The molecule has 172 valence electrons. The summed E-state index contributed by atoms with van der Waals surface area (Å²) in [5.41, 5.74) is 0.462. The monoisotopic (exact) mass is 466 g/mol. The number of hydrogen-bond donors (Lipinski definition) is 0. The largest absolute Gasteiger partial charge is 0.493 e. The molecule has 3 aromatic carbocycles. The van der Waals surface area contributed by atoms with Crippen molar-refractivity contribution in [2.24, 2.45) is 0 Å². The van der Waals surface area contributed by atoms with Gasteiger partial charge in [0.15, 0.2) is 11.5 Å². The third-order valence-corrected chi connectivity index (χ3v) is 7.55. The highest BCUT2D eigenvalue weighted by Crippen LogP contribution is 2.29. The summed E-state index contributed by atoms with van der Waals surface area (Å²) >= 11 is 0. The van der Waals surface area contributed by atoms with Crippen LogP contribution in [0.4, 0.5) is 0 Å². The van der Waals surface area contributed by atoms with Crippen LogP contribution in [0, 0.1) is 0 Å². The van der Waals surface area contributed by atoms with Crippen molar-refractivity contribution in [1.82, 2.24) is 9.21 Å². The van der Waals surface area contributed by atoms with Gasteiger partial charge in [0.05, 0.1) is 12.0 Å². The van der Waals surface area contributed by atoms with Gasteiger partial charge in [0.1, 0.15) is 6.61 Å². The lowest BCUT2D eigenvalue weighted by atomic mass is 10.1. The maximum absolute atomic E-state index is 13.2. The molecule has 0 N–H and O–H groups in total. The second kappa shape index (κ2) is 9.64. The predicted octanol–water partition coefficient (Wildman–Crippen LogP) is 3.56. The average Bonchev–Trinajstić information content (AvgIpc) is 2.86. The topological polar surface area (TPSA) is 76.2 Å². The number of sulfonamides is 1. The second-order valence-electron chi connectivity index (χ2n) is 7.67. The zero-order chi connectivity index (χ0) is 23.4. The van der Waals surface area contributed by atoms with Gasteiger partial charge in [0, 0.05) is 31.7 Å². The SMILES string of the molecule is C=CCOc1ccc(C(=O)N2CCN(S(=O)(=O)c3ccc4ccccc4c3)CC2)cc1OC. The quantitative estimate of drug-likeness (QED) is 0.498. The molecule has 1 heterocycles. The Morgan fingerprint density at radius 1 is 0.970 bits per heavy atom. The van der Waals surface area contributed by atoms with Crippen molar-refractivity contribution in [2.45, 2.75) is 4.90 Å². The second-order valence-corrected chi connectivity index (χ2v) is 9.61. The minimum atomic E-state index is -3.64. The normalized spacial score (nSPS) is 14.8. The lowest BCUT2D eigenvalue weighted by Crippen LogP contribution is -2.50. The molecule has 1 amide bonds. The summed E-state index contributed by atoms with van der Waals surface area (Å²) < 4.78 is 38.7. The van der Waals surface area contributed by atoms with Gasteiger partial charge < -0.3 is 14.4 Å². The van der Waals surface area contributed by atoms with E-state index < -0.39 is 10.0 Å². The minimum absolute atomic E-state index is 0.175. The number of nitrogens with zero attached hydrogens (tertiary/aromatic N) is 2. The van der Waals surface area contributed by atoms with Crippen LogP contribution in [-0.2, 0) is 10.0 Å². The molecule has 8 heteroatoms. The summed E-state index contributed by atoms with van der Waals surface area (Å²) in [6.07, 6.45) is 1.63. The molecule has 0 saturated carbocycles. The fraction of sp³-hybridized carbons (Fsp3) is 0.240. The van der Waals surface area contributed by atoms with E-state index in [0.717, 1.165) is 10.8 Å². The van der Waals surface area contributed by atoms with Crippen molar-refractivity contribution < 1.29 is 22.7 Å². The molecular weight excluding hydrogens is 440 g/mol. The van der Waals surface area contributed by atoms with Gasteiger partial charge in [-0.25, -0.2) is 8.42 Å². The number of piperazine rings is 1. The van der Waals surface area contributed by atoms with Gasteiger partial charge in [-0.05, 0) is 41.1 Å². The van der Waals surface area contributed by atoms with E-state index in [0.29, 0.717) is 36.8 Å². The Labute approximate surface area is 193 Å². The van der Waals surface area contributed by atoms with Crippen LogP contribution in [0.3, 0.4) is 0 Å². The average molecular weight is 467 g/mol. The Balaban J connectivity index is 1.45. The van der Waals surface area contributed by atoms with Crippen LogP contribution in [0.25, 0.3) is 10.8 Å². The van der Waals surface area contributed by atoms with Gasteiger partial charge in [-0.2, -0.15) is 4.31 Å². The van der Waals surface area contributed by atoms with Crippen molar-refractivity contribution in [3.8, 4) is 11.5 Å². The number of fused-ring (bicyclic) bond motifs is 1. The zero-order valence-corrected chi connectivity index (χ0v) is 19.3. The van der Waals surface area contributed by atoms with E-state index in [1.807, 2.05) is 30.3 Å². The van der Waals surface area contributed by atoms with Crippen LogP contribution in [0.1, 0.15) is 10.4 Å². The van der Waals surface area contributed by atoms with Crippen molar-refractivity contribution in [2.75, 3.05) is 39.9 Å². The molecule has 1 saturated heterocycles. The number of rotatable bonds is 7. The van der Waals surface area contributed by atoms with Gasteiger partial charge in [-0.1, -0.05) is 43.0 Å². The molecule has 0 spiro atoms. The molecule has 0 unspecified atom stereocenters. The summed E-state index contributed by atoms with van der Waals surface area (Å²) in [6, 6.07) is 17.8. The summed E-state index contributed by atoms with van der Waals surface area (Å²) in [5, 5.41) is 1.87. The maximum Gasteiger partial charge on any atom is 0.254 e. The summed E-state index contributed by atoms with van der Waals surface area (Å²) in [4.78, 5) is 14.9. The van der Waals surface area contributed by atoms with Crippen LogP contribution in [0.5, 0.6) is 11.5 Å². The highest BCUT2D eigenvalue weighted by Gasteiger charge is 2.30. The first-order chi connectivity index (χ1) is 15.9. The molecule has 0 bridgehead atoms. The highest BCUT2D eigenvalue weighted by molar-refractivity contribution is 7.89. The first kappa shape index (κ1) is 22.8. The number of carbonyl (C=O) groups excluding carboxylic acids is 1. The standard InChI is InChI=1S/C25H26N2O5S/c1-3-16-32-23-11-9-21(18-24(23)31-2)25(28)26-12-14-27(15-13-26)33(29,30)22-10-8-19-6-4-5-7-20(19)17-22/h3-11,17-18H,1,12-16H2,2H3. The Kier molecular flexibility index (Phi) is 6.67. The lowest BCUT2D eigenvalue weighted by Gasteiger charge is -2.34. The molecule has 3 aromatic rings. The van der Waals surface area contributed by atoms with Crippen LogP contribution in [0.15, 0.2) is 78.2 Å². The number of hydrogen-bond acceptors (Lipinski definition) is 5. The van der Waals surface area contributed by atoms with Crippen LogP contribution in [0.2, 0.25) is 0 Å². The predicted molar refractivity (Wildman–Crippen MR) is 127 cm³/mol. The molecule has 0 aliphatic carbocycles. The Hall–Kier alpha value is -3.36. The first-order valence-corrected chi connectivity index (χ1v) is 12.1. The fourth-order valence-corrected chi connectivity index (χ4v) is 5.32. The summed E-state index contributed by atoms with van der Waals surface area (Å²) in [7, 11) is -2.13. The molecule has 1 aliphatic rings. The van der Waals surface area contributed by atoms with Crippen molar-refractivity contribution in [3.05, 3.63) is 78.9 Å².